The van der Waals surface area contributed by atoms with Crippen LogP contribution in [0.3, 0.4) is 0 Å². The van der Waals surface area contributed by atoms with Crippen molar-refractivity contribution in [2.24, 2.45) is 0 Å². The van der Waals surface area contributed by atoms with E-state index < -0.39 is 13.7 Å². The van der Waals surface area contributed by atoms with E-state index in [9.17, 15) is 0 Å². The van der Waals surface area contributed by atoms with Gasteiger partial charge in [0.15, 0.2) is 0 Å². The molecule has 0 amide bonds. The molecular weight excluding hydrogens is 1710 g/mol. The van der Waals surface area contributed by atoms with Gasteiger partial charge >= 0.3 is 0 Å². The minimum absolute atomic E-state index is 0. The van der Waals surface area contributed by atoms with Crippen LogP contribution in [0.2, 0.25) is 0 Å². The third-order valence-electron chi connectivity index (χ3n) is 14.1. The molecule has 6 aromatic heterocycles. The van der Waals surface area contributed by atoms with Crippen LogP contribution in [0, 0.1) is 57.0 Å². The number of hydrogen-bond acceptors (Lipinski definition) is 6. The summed E-state index contributed by atoms with van der Waals surface area (Å²) in [5.74, 6) is 0. The SMILES string of the molecule is Cc1cc(-c2[c-]cccc2)ncc1-c1ccccc1.[2H]C([2H])([2H])c1cc(-c2[c-]cccc2)ncc1-c1ccccc1.[2H]C([2H])([2H])c1ccc(-c2[c-]cccc2)nc1.[Ir].[Ir].[Ir].[c-]1ccccc1-c1ccc(-c2ccccc2)cn1.[c-]1ccccc1-c1ccccn1.[c-]1ccccc1-c1ccccn1. The second-order valence-electron chi connectivity index (χ2n) is 20.5. The molecule has 6 nitrogen and oxygen atoms in total. The zero-order chi connectivity index (χ0) is 68.9. The van der Waals surface area contributed by atoms with E-state index in [4.69, 9.17) is 8.22 Å². The van der Waals surface area contributed by atoms with Crippen molar-refractivity contribution in [1.82, 2.24) is 29.9 Å². The molecule has 9 aromatic carbocycles. The van der Waals surface area contributed by atoms with Crippen LogP contribution in [0.5, 0.6) is 0 Å². The molecule has 9 heteroatoms. The van der Waals surface area contributed by atoms with Crippen molar-refractivity contribution in [3.05, 3.63) is 400 Å². The van der Waals surface area contributed by atoms with Crippen molar-refractivity contribution in [1.29, 1.82) is 0 Å². The molecule has 0 aliphatic rings. The van der Waals surface area contributed by atoms with E-state index in [2.05, 4.69) is 110 Å². The summed E-state index contributed by atoms with van der Waals surface area (Å²) in [6.45, 7) is -2.17. The molecule has 15 aromatic rings. The fourth-order valence-corrected chi connectivity index (χ4v) is 9.34. The molecule has 0 unspecified atom stereocenters. The summed E-state index contributed by atoms with van der Waals surface area (Å²) in [5.41, 5.74) is 19.0. The molecule has 0 aliphatic carbocycles. The Morgan fingerprint density at radius 1 is 0.250 bits per heavy atom. The van der Waals surface area contributed by atoms with Gasteiger partial charge in [0.25, 0.3) is 0 Å². The first kappa shape index (κ1) is 64.5. The first-order chi connectivity index (χ1) is 48.3. The zero-order valence-corrected chi connectivity index (χ0v) is 59.3. The van der Waals surface area contributed by atoms with Gasteiger partial charge in [0.2, 0.25) is 0 Å². The van der Waals surface area contributed by atoms with E-state index in [1.807, 2.05) is 255 Å². The van der Waals surface area contributed by atoms with Crippen LogP contribution in [0.4, 0.5) is 0 Å². The monoisotopic (exact) mass is 1780 g/mol. The molecular formula is C87H66Ir3N6-6. The fraction of sp³-hybridized carbons (Fsp3) is 0.0345. The van der Waals surface area contributed by atoms with Crippen molar-refractivity contribution in [3.63, 3.8) is 0 Å². The van der Waals surface area contributed by atoms with E-state index >= 15 is 0 Å². The van der Waals surface area contributed by atoms with Gasteiger partial charge < -0.3 is 29.9 Å². The van der Waals surface area contributed by atoms with Gasteiger partial charge in [-0.05, 0) is 106 Å². The Kier molecular flexibility index (Phi) is 27.0. The standard InChI is InChI=1S/2C18H14N.C17H12N.C12H10N.2C11H8N.3Ir/c2*1-14-12-18(16-10-6-3-7-11-16)19-13-17(14)15-8-4-2-5-9-15;1-3-7-14(8-4-1)16-11-12-17(18-13-16)15-9-5-2-6-10-15;1-10-7-8-12(13-9-10)11-5-3-2-4-6-11;2*1-2-6-10(7-3-1)11-8-4-5-9-12-11;;;/h2*2-10,12-13H,1H3;1-9,11-13H;2-5,7-9H,1H3;2*1-6,8-9H;;;/q6*-1;;;/i1D3;;;1D3;;;;;. The molecule has 0 atom stereocenters. The van der Waals surface area contributed by atoms with Gasteiger partial charge in [0.1, 0.15) is 0 Å². The van der Waals surface area contributed by atoms with Crippen LogP contribution in [-0.2, 0) is 60.3 Å². The smallest absolute Gasteiger partial charge is 0.0280 e. The number of benzene rings is 9. The topological polar surface area (TPSA) is 77.3 Å². The first-order valence-electron chi connectivity index (χ1n) is 33.0. The van der Waals surface area contributed by atoms with Crippen molar-refractivity contribution in [3.8, 4) is 101 Å². The van der Waals surface area contributed by atoms with Crippen molar-refractivity contribution in [2.75, 3.05) is 0 Å². The third-order valence-corrected chi connectivity index (χ3v) is 14.1. The number of hydrogen-bond donors (Lipinski definition) is 0. The molecule has 15 rings (SSSR count). The van der Waals surface area contributed by atoms with Gasteiger partial charge in [-0.3, -0.25) is 0 Å². The summed E-state index contributed by atoms with van der Waals surface area (Å²) in [6.07, 6.45) is 10.5. The predicted octanol–water partition coefficient (Wildman–Crippen LogP) is 21.2. The minimum atomic E-state index is -2.20. The summed E-state index contributed by atoms with van der Waals surface area (Å²) >= 11 is 0. The fourth-order valence-electron chi connectivity index (χ4n) is 9.34. The molecule has 6 heterocycles. The van der Waals surface area contributed by atoms with E-state index in [1.165, 1.54) is 28.5 Å². The van der Waals surface area contributed by atoms with Gasteiger partial charge in [0.05, 0.1) is 0 Å². The van der Waals surface area contributed by atoms with Crippen LogP contribution < -0.4 is 0 Å². The summed E-state index contributed by atoms with van der Waals surface area (Å²) in [5, 5.41) is 0. The number of pyridine rings is 6. The number of rotatable bonds is 9. The van der Waals surface area contributed by atoms with Crippen LogP contribution in [-0.4, -0.2) is 29.9 Å². The Labute approximate surface area is 615 Å². The van der Waals surface area contributed by atoms with E-state index in [-0.39, 0.29) is 65.9 Å². The van der Waals surface area contributed by atoms with Crippen LogP contribution in [0.15, 0.2) is 347 Å². The van der Waals surface area contributed by atoms with Gasteiger partial charge in [-0.1, -0.05) is 152 Å². The molecule has 0 N–H and O–H groups in total. The average Bonchev–Trinajstić information content (AvgIpc) is 0.795. The molecule has 96 heavy (non-hydrogen) atoms. The van der Waals surface area contributed by atoms with Crippen molar-refractivity contribution in [2.45, 2.75) is 20.6 Å². The minimum Gasteiger partial charge on any atom is -0.305 e. The van der Waals surface area contributed by atoms with Crippen LogP contribution >= 0.6 is 0 Å². The quantitative estimate of drug-likeness (QED) is 0.134. The normalized spacial score (nSPS) is 11.0. The Morgan fingerprint density at radius 2 is 0.573 bits per heavy atom. The molecule has 0 bridgehead atoms. The van der Waals surface area contributed by atoms with Gasteiger partial charge in [-0.2, -0.15) is 0 Å². The van der Waals surface area contributed by atoms with Gasteiger partial charge in [-0.15, -0.1) is 215 Å². The number of nitrogens with zero attached hydrogens (tertiary/aromatic N) is 6. The van der Waals surface area contributed by atoms with Crippen molar-refractivity contribution < 1.29 is 68.5 Å². The molecule has 0 fully saturated rings. The summed E-state index contributed by atoms with van der Waals surface area (Å²) in [6, 6.07) is 118. The molecule has 3 radical (unpaired) electrons. The molecule has 0 aliphatic heterocycles. The van der Waals surface area contributed by atoms with Crippen LogP contribution in [0.1, 0.15) is 24.9 Å². The molecule has 0 spiro atoms. The number of aryl methyl sites for hydroxylation is 3. The third kappa shape index (κ3) is 22.5. The molecule has 477 valence electrons. The first-order valence-corrected chi connectivity index (χ1v) is 30.0. The second-order valence-corrected chi connectivity index (χ2v) is 20.5. The van der Waals surface area contributed by atoms with E-state index in [0.717, 1.165) is 73.0 Å². The largest absolute Gasteiger partial charge is 0.305 e. The maximum atomic E-state index is 7.82. The van der Waals surface area contributed by atoms with Gasteiger partial charge in [-0.25, -0.2) is 0 Å². The average molecular weight is 1780 g/mol. The molecule has 0 saturated carbocycles. The van der Waals surface area contributed by atoms with Crippen molar-refractivity contribution >= 4 is 0 Å². The summed E-state index contributed by atoms with van der Waals surface area (Å²) in [7, 11) is 0. The Hall–Kier alpha value is -10.2. The Bertz CT molecular complexity index is 4600. The Morgan fingerprint density at radius 3 is 0.885 bits per heavy atom. The van der Waals surface area contributed by atoms with Gasteiger partial charge in [0, 0.05) is 117 Å². The second kappa shape index (κ2) is 40.2. The summed E-state index contributed by atoms with van der Waals surface area (Å²) in [4.78, 5) is 26.0. The van der Waals surface area contributed by atoms with E-state index in [0.29, 0.717) is 16.8 Å². The Balaban J connectivity index is 0.000000172. The number of aromatic nitrogens is 6. The van der Waals surface area contributed by atoms with E-state index in [1.54, 1.807) is 48.9 Å². The maximum Gasteiger partial charge on any atom is 0.0280 e. The summed E-state index contributed by atoms with van der Waals surface area (Å²) < 4.78 is 45.2. The zero-order valence-electron chi connectivity index (χ0n) is 58.1. The predicted molar refractivity (Wildman–Crippen MR) is 382 cm³/mol. The van der Waals surface area contributed by atoms with Crippen LogP contribution in [0.25, 0.3) is 101 Å². The maximum absolute atomic E-state index is 7.82. The molecule has 0 saturated heterocycles.